The van der Waals surface area contributed by atoms with Crippen molar-refractivity contribution >= 4 is 22.9 Å². The van der Waals surface area contributed by atoms with Crippen LogP contribution in [0.2, 0.25) is 0 Å². The molecule has 19 heavy (non-hydrogen) atoms. The van der Waals surface area contributed by atoms with E-state index in [9.17, 15) is 4.79 Å². The van der Waals surface area contributed by atoms with Crippen LogP contribution in [0.4, 0.5) is 5.69 Å². The number of para-hydroxylation sites is 1. The summed E-state index contributed by atoms with van der Waals surface area (Å²) in [6, 6.07) is 8.16. The number of nitrogens with zero attached hydrogens (tertiary/aromatic N) is 2. The molecule has 0 aliphatic carbocycles. The fourth-order valence-electron chi connectivity index (χ4n) is 2.59. The zero-order valence-electron chi connectivity index (χ0n) is 11.1. The summed E-state index contributed by atoms with van der Waals surface area (Å²) in [4.78, 5) is 18.8. The number of amides is 1. The Balaban J connectivity index is 1.99. The Labute approximate surface area is 116 Å². The first kappa shape index (κ1) is 12.4. The molecule has 1 aromatic heterocycles. The smallest absolute Gasteiger partial charge is 0.277 e. The molecule has 0 N–H and O–H groups in total. The minimum atomic E-state index is 0.0170. The van der Waals surface area contributed by atoms with Crippen LogP contribution < -0.4 is 4.90 Å². The van der Waals surface area contributed by atoms with E-state index in [1.807, 2.05) is 35.4 Å². The number of anilines is 1. The van der Waals surface area contributed by atoms with Crippen LogP contribution in [0.25, 0.3) is 0 Å². The number of carbonyl (C=O) groups is 1. The van der Waals surface area contributed by atoms with Crippen LogP contribution in [0.15, 0.2) is 29.6 Å². The Kier molecular flexibility index (Phi) is 3.11. The van der Waals surface area contributed by atoms with Gasteiger partial charge in [-0.15, -0.1) is 11.3 Å². The predicted octanol–water partition coefficient (Wildman–Crippen LogP) is 3.29. The molecule has 2 heterocycles. The number of rotatable bonds is 1. The molecule has 0 saturated carbocycles. The number of aromatic nitrogens is 1. The van der Waals surface area contributed by atoms with E-state index in [0.717, 1.165) is 23.7 Å². The summed E-state index contributed by atoms with van der Waals surface area (Å²) in [5.74, 6) is 0.502. The number of fused-ring (bicyclic) bond motifs is 1. The molecule has 1 aliphatic heterocycles. The van der Waals surface area contributed by atoms with E-state index in [4.69, 9.17) is 0 Å². The van der Waals surface area contributed by atoms with Crippen LogP contribution in [-0.2, 0) is 6.42 Å². The lowest BCUT2D eigenvalue weighted by Crippen LogP contribution is -2.39. The summed E-state index contributed by atoms with van der Waals surface area (Å²) in [6.45, 7) is 4.88. The van der Waals surface area contributed by atoms with Crippen LogP contribution in [-0.4, -0.2) is 17.4 Å². The first-order valence-electron chi connectivity index (χ1n) is 6.47. The van der Waals surface area contributed by atoms with Gasteiger partial charge in [0.25, 0.3) is 5.91 Å². The third-order valence-electron chi connectivity index (χ3n) is 3.43. The molecule has 0 unspecified atom stereocenters. The normalized spacial score (nSPS) is 18.2. The lowest BCUT2D eigenvalue weighted by Gasteiger charge is -2.32. The van der Waals surface area contributed by atoms with Crippen LogP contribution in [0.3, 0.4) is 0 Å². The molecule has 4 heteroatoms. The van der Waals surface area contributed by atoms with E-state index in [1.54, 1.807) is 0 Å². The van der Waals surface area contributed by atoms with Gasteiger partial charge in [-0.1, -0.05) is 25.1 Å². The first-order chi connectivity index (χ1) is 9.15. The molecule has 0 fully saturated rings. The Hall–Kier alpha value is -1.68. The van der Waals surface area contributed by atoms with E-state index in [-0.39, 0.29) is 5.91 Å². The van der Waals surface area contributed by atoms with E-state index >= 15 is 0 Å². The zero-order chi connectivity index (χ0) is 13.4. The molecule has 2 aromatic rings. The average Bonchev–Trinajstić information content (AvgIpc) is 2.83. The lowest BCUT2D eigenvalue weighted by molar-refractivity contribution is 0.0976. The fourth-order valence-corrected chi connectivity index (χ4v) is 3.18. The van der Waals surface area contributed by atoms with Crippen LogP contribution in [0.1, 0.15) is 28.0 Å². The van der Waals surface area contributed by atoms with Gasteiger partial charge in [-0.25, -0.2) is 4.98 Å². The maximum atomic E-state index is 12.6. The quantitative estimate of drug-likeness (QED) is 0.798. The zero-order valence-corrected chi connectivity index (χ0v) is 11.9. The number of aryl methyl sites for hydroxylation is 1. The summed E-state index contributed by atoms with van der Waals surface area (Å²) in [6.07, 6.45) is 1.04. The molecule has 1 amide bonds. The monoisotopic (exact) mass is 272 g/mol. The summed E-state index contributed by atoms with van der Waals surface area (Å²) in [7, 11) is 0. The molecule has 0 saturated heterocycles. The summed E-state index contributed by atoms with van der Waals surface area (Å²) >= 11 is 1.52. The van der Waals surface area contributed by atoms with E-state index in [1.165, 1.54) is 16.9 Å². The van der Waals surface area contributed by atoms with Crippen molar-refractivity contribution in [1.82, 2.24) is 4.98 Å². The van der Waals surface area contributed by atoms with Crippen molar-refractivity contribution in [2.24, 2.45) is 5.92 Å². The van der Waals surface area contributed by atoms with E-state index in [2.05, 4.69) is 18.0 Å². The molecule has 98 valence electrons. The number of benzene rings is 1. The highest BCUT2D eigenvalue weighted by Gasteiger charge is 2.27. The second-order valence-corrected chi connectivity index (χ2v) is 6.17. The molecule has 0 radical (unpaired) electrons. The molecule has 3 nitrogen and oxygen atoms in total. The van der Waals surface area contributed by atoms with Gasteiger partial charge in [0.05, 0.1) is 5.01 Å². The summed E-state index contributed by atoms with van der Waals surface area (Å²) < 4.78 is 0. The Morgan fingerprint density at radius 1 is 1.42 bits per heavy atom. The molecule has 3 rings (SSSR count). The van der Waals surface area contributed by atoms with Crippen LogP contribution in [0.5, 0.6) is 0 Å². The lowest BCUT2D eigenvalue weighted by atomic mass is 9.94. The Bertz CT molecular complexity index is 620. The Morgan fingerprint density at radius 2 is 2.21 bits per heavy atom. The van der Waals surface area contributed by atoms with Crippen LogP contribution in [0, 0.1) is 12.8 Å². The average molecular weight is 272 g/mol. The molecular formula is C15H16N2OS. The van der Waals surface area contributed by atoms with Gasteiger partial charge in [-0.05, 0) is 30.9 Å². The van der Waals surface area contributed by atoms with Crippen molar-refractivity contribution in [3.63, 3.8) is 0 Å². The second-order valence-electron chi connectivity index (χ2n) is 5.11. The second kappa shape index (κ2) is 4.78. The van der Waals surface area contributed by atoms with Gasteiger partial charge in [0, 0.05) is 17.6 Å². The molecule has 1 atom stereocenters. The minimum Gasteiger partial charge on any atom is -0.306 e. The third-order valence-corrected chi connectivity index (χ3v) is 4.20. The van der Waals surface area contributed by atoms with Crippen molar-refractivity contribution in [2.45, 2.75) is 20.3 Å². The van der Waals surface area contributed by atoms with Gasteiger partial charge >= 0.3 is 0 Å². The van der Waals surface area contributed by atoms with Crippen molar-refractivity contribution < 1.29 is 4.79 Å². The number of hydrogen-bond donors (Lipinski definition) is 0. The molecule has 1 aliphatic rings. The third kappa shape index (κ3) is 2.28. The summed E-state index contributed by atoms with van der Waals surface area (Å²) in [5, 5.41) is 2.78. The predicted molar refractivity (Wildman–Crippen MR) is 77.8 cm³/mol. The Morgan fingerprint density at radius 3 is 2.95 bits per heavy atom. The van der Waals surface area contributed by atoms with Gasteiger partial charge in [-0.3, -0.25) is 4.79 Å². The largest absolute Gasteiger partial charge is 0.306 e. The molecule has 0 spiro atoms. The van der Waals surface area contributed by atoms with Gasteiger partial charge in [0.2, 0.25) is 0 Å². The van der Waals surface area contributed by atoms with Gasteiger partial charge in [0.15, 0.2) is 0 Å². The standard InChI is InChI=1S/C15H16N2OS/c1-10-7-12-5-3-4-6-14(12)17(8-10)15(18)13-9-19-11(2)16-13/h3-6,9-10H,7-8H2,1-2H3/t10-/m0/s1. The molecular weight excluding hydrogens is 256 g/mol. The van der Waals surface area contributed by atoms with E-state index < -0.39 is 0 Å². The van der Waals surface area contributed by atoms with Gasteiger partial charge in [0.1, 0.15) is 5.69 Å². The topological polar surface area (TPSA) is 33.2 Å². The van der Waals surface area contributed by atoms with E-state index in [0.29, 0.717) is 11.6 Å². The highest BCUT2D eigenvalue weighted by atomic mass is 32.1. The number of carbonyl (C=O) groups excluding carboxylic acids is 1. The highest BCUT2D eigenvalue weighted by Crippen LogP contribution is 2.30. The fraction of sp³-hybridized carbons (Fsp3) is 0.333. The maximum Gasteiger partial charge on any atom is 0.277 e. The molecule has 1 aromatic carbocycles. The summed E-state index contributed by atoms with van der Waals surface area (Å²) in [5.41, 5.74) is 2.85. The highest BCUT2D eigenvalue weighted by molar-refractivity contribution is 7.09. The maximum absolute atomic E-state index is 12.6. The van der Waals surface area contributed by atoms with Crippen molar-refractivity contribution in [3.05, 3.63) is 45.9 Å². The number of thiazole rings is 1. The molecule has 0 bridgehead atoms. The minimum absolute atomic E-state index is 0.0170. The van der Waals surface area contributed by atoms with Crippen molar-refractivity contribution in [3.8, 4) is 0 Å². The van der Waals surface area contributed by atoms with Crippen molar-refractivity contribution in [1.29, 1.82) is 0 Å². The van der Waals surface area contributed by atoms with Gasteiger partial charge < -0.3 is 4.90 Å². The number of hydrogen-bond acceptors (Lipinski definition) is 3. The van der Waals surface area contributed by atoms with Crippen LogP contribution >= 0.6 is 11.3 Å². The first-order valence-corrected chi connectivity index (χ1v) is 7.35. The SMILES string of the molecule is Cc1nc(C(=O)N2C[C@@H](C)Cc3ccccc32)cs1. The van der Waals surface area contributed by atoms with Gasteiger partial charge in [-0.2, -0.15) is 0 Å². The van der Waals surface area contributed by atoms with Crippen molar-refractivity contribution in [2.75, 3.05) is 11.4 Å².